The first-order chi connectivity index (χ1) is 9.72. The van der Waals surface area contributed by atoms with E-state index in [9.17, 15) is 0 Å². The van der Waals surface area contributed by atoms with Gasteiger partial charge in [0.15, 0.2) is 11.6 Å². The largest absolute Gasteiger partial charge is 0.355 e. The molecule has 0 aliphatic carbocycles. The number of piperidine rings is 1. The van der Waals surface area contributed by atoms with Crippen molar-refractivity contribution in [2.24, 2.45) is 5.92 Å². The van der Waals surface area contributed by atoms with Crippen LogP contribution in [0.4, 0.5) is 5.82 Å². The van der Waals surface area contributed by atoms with Gasteiger partial charge in [-0.2, -0.15) is 4.98 Å². The maximum Gasteiger partial charge on any atom is 0.223 e. The van der Waals surface area contributed by atoms with Crippen LogP contribution in [0.25, 0.3) is 0 Å². The topological polar surface area (TPSA) is 67.9 Å². The Morgan fingerprint density at radius 2 is 2.40 bits per heavy atom. The molecule has 0 radical (unpaired) electrons. The summed E-state index contributed by atoms with van der Waals surface area (Å²) in [5.41, 5.74) is 0. The Balaban J connectivity index is 1.69. The van der Waals surface area contributed by atoms with Crippen LogP contribution in [0, 0.1) is 12.8 Å². The average Bonchev–Trinajstić information content (AvgIpc) is 2.85. The van der Waals surface area contributed by atoms with Crippen molar-refractivity contribution >= 4 is 17.4 Å². The van der Waals surface area contributed by atoms with E-state index in [1.807, 2.05) is 6.92 Å². The Bertz CT molecular complexity index is 588. The van der Waals surface area contributed by atoms with Gasteiger partial charge in [-0.3, -0.25) is 0 Å². The number of hydrogen-bond acceptors (Lipinski definition) is 6. The van der Waals surface area contributed by atoms with E-state index < -0.39 is 0 Å². The van der Waals surface area contributed by atoms with Crippen molar-refractivity contribution < 1.29 is 4.52 Å². The van der Waals surface area contributed by atoms with Gasteiger partial charge in [0.05, 0.1) is 6.20 Å². The Morgan fingerprint density at radius 3 is 3.15 bits per heavy atom. The molecule has 106 valence electrons. The first kappa shape index (κ1) is 13.3. The van der Waals surface area contributed by atoms with E-state index in [0.717, 1.165) is 44.0 Å². The second kappa shape index (κ2) is 5.75. The fourth-order valence-corrected chi connectivity index (χ4v) is 2.87. The lowest BCUT2D eigenvalue weighted by Gasteiger charge is -2.33. The summed E-state index contributed by atoms with van der Waals surface area (Å²) >= 11 is 6.16. The lowest BCUT2D eigenvalue weighted by Crippen LogP contribution is -2.37. The van der Waals surface area contributed by atoms with E-state index in [0.29, 0.717) is 16.8 Å². The van der Waals surface area contributed by atoms with Gasteiger partial charge in [0.25, 0.3) is 0 Å². The number of hydrogen-bond donors (Lipinski definition) is 0. The van der Waals surface area contributed by atoms with Gasteiger partial charge in [0.2, 0.25) is 5.89 Å². The van der Waals surface area contributed by atoms with E-state index in [-0.39, 0.29) is 0 Å². The first-order valence-electron chi connectivity index (χ1n) is 6.72. The molecule has 1 aliphatic heterocycles. The third-order valence-electron chi connectivity index (χ3n) is 3.51. The van der Waals surface area contributed by atoms with Crippen LogP contribution in [-0.4, -0.2) is 33.2 Å². The number of nitrogens with zero attached hydrogens (tertiary/aromatic N) is 5. The van der Waals surface area contributed by atoms with Gasteiger partial charge in [-0.15, -0.1) is 0 Å². The zero-order valence-corrected chi connectivity index (χ0v) is 12.0. The van der Waals surface area contributed by atoms with Crippen molar-refractivity contribution in [3.63, 3.8) is 0 Å². The highest BCUT2D eigenvalue weighted by molar-refractivity contribution is 6.32. The number of aryl methyl sites for hydroxylation is 1. The third kappa shape index (κ3) is 2.90. The predicted molar refractivity (Wildman–Crippen MR) is 74.7 cm³/mol. The van der Waals surface area contributed by atoms with Gasteiger partial charge in [-0.25, -0.2) is 9.97 Å². The molecule has 1 unspecified atom stereocenters. The Kier molecular flexibility index (Phi) is 3.82. The smallest absolute Gasteiger partial charge is 0.223 e. The fraction of sp³-hybridized carbons (Fsp3) is 0.538. The molecule has 20 heavy (non-hydrogen) atoms. The molecule has 3 rings (SSSR count). The van der Waals surface area contributed by atoms with Gasteiger partial charge in [0, 0.05) is 26.4 Å². The fourth-order valence-electron chi connectivity index (χ4n) is 2.65. The molecule has 0 N–H and O–H groups in total. The lowest BCUT2D eigenvalue weighted by molar-refractivity contribution is 0.369. The molecule has 0 saturated carbocycles. The Hall–Kier alpha value is -1.69. The molecule has 1 atom stereocenters. The normalized spacial score (nSPS) is 19.3. The summed E-state index contributed by atoms with van der Waals surface area (Å²) in [4.78, 5) is 14.7. The van der Waals surface area contributed by atoms with Gasteiger partial charge in [0.1, 0.15) is 11.3 Å². The molecule has 0 bridgehead atoms. The summed E-state index contributed by atoms with van der Waals surface area (Å²) in [7, 11) is 0. The van der Waals surface area contributed by atoms with Crippen LogP contribution in [0.15, 0.2) is 17.0 Å². The summed E-state index contributed by atoms with van der Waals surface area (Å²) < 4.78 is 5.02. The maximum absolute atomic E-state index is 6.16. The number of aromatic nitrogens is 4. The second-order valence-corrected chi connectivity index (χ2v) is 5.49. The highest BCUT2D eigenvalue weighted by atomic mass is 35.5. The van der Waals surface area contributed by atoms with Gasteiger partial charge < -0.3 is 9.42 Å². The molecular formula is C13H16ClN5O. The summed E-state index contributed by atoms with van der Waals surface area (Å²) in [6, 6.07) is 0. The van der Waals surface area contributed by atoms with Crippen molar-refractivity contribution in [1.82, 2.24) is 20.1 Å². The molecular weight excluding hydrogens is 278 g/mol. The van der Waals surface area contributed by atoms with Crippen LogP contribution in [0.2, 0.25) is 5.02 Å². The van der Waals surface area contributed by atoms with Crippen LogP contribution >= 0.6 is 11.6 Å². The van der Waals surface area contributed by atoms with Crippen LogP contribution in [0.3, 0.4) is 0 Å². The minimum absolute atomic E-state index is 0.492. The summed E-state index contributed by atoms with van der Waals surface area (Å²) in [5.74, 6) is 2.71. The average molecular weight is 294 g/mol. The van der Waals surface area contributed by atoms with Crippen molar-refractivity contribution in [3.05, 3.63) is 29.3 Å². The standard InChI is InChI=1S/C13H16ClN5O/c1-9-17-12(18-20-9)5-10-3-2-4-19(7-10)13-11(14)6-15-8-16-13/h6,8,10H,2-5,7H2,1H3. The SMILES string of the molecule is Cc1nc(CC2CCCN(c3ncncc3Cl)C2)no1. The molecule has 3 heterocycles. The van der Waals surface area contributed by atoms with E-state index >= 15 is 0 Å². The van der Waals surface area contributed by atoms with Gasteiger partial charge in [-0.1, -0.05) is 16.8 Å². The summed E-state index contributed by atoms with van der Waals surface area (Å²) in [6.45, 7) is 3.69. The van der Waals surface area contributed by atoms with Crippen molar-refractivity contribution in [3.8, 4) is 0 Å². The quantitative estimate of drug-likeness (QED) is 0.865. The molecule has 7 heteroatoms. The van der Waals surface area contributed by atoms with E-state index in [4.69, 9.17) is 16.1 Å². The van der Waals surface area contributed by atoms with Crippen molar-refractivity contribution in [2.45, 2.75) is 26.2 Å². The number of rotatable bonds is 3. The molecule has 1 aliphatic rings. The summed E-state index contributed by atoms with van der Waals surface area (Å²) in [6.07, 6.45) is 6.27. The van der Waals surface area contributed by atoms with Crippen molar-refractivity contribution in [1.29, 1.82) is 0 Å². The van der Waals surface area contributed by atoms with E-state index in [1.165, 1.54) is 6.33 Å². The van der Waals surface area contributed by atoms with Gasteiger partial charge in [-0.05, 0) is 18.8 Å². The van der Waals surface area contributed by atoms with Crippen LogP contribution in [0.1, 0.15) is 24.6 Å². The molecule has 6 nitrogen and oxygen atoms in total. The minimum Gasteiger partial charge on any atom is -0.355 e. The maximum atomic E-state index is 6.16. The molecule has 0 aromatic carbocycles. The number of halogens is 1. The lowest BCUT2D eigenvalue weighted by atomic mass is 9.94. The van der Waals surface area contributed by atoms with E-state index in [2.05, 4.69) is 25.0 Å². The first-order valence-corrected chi connectivity index (χ1v) is 7.10. The zero-order chi connectivity index (χ0) is 13.9. The zero-order valence-electron chi connectivity index (χ0n) is 11.3. The number of anilines is 1. The molecule has 0 amide bonds. The monoisotopic (exact) mass is 293 g/mol. The van der Waals surface area contributed by atoms with Gasteiger partial charge >= 0.3 is 0 Å². The Morgan fingerprint density at radius 1 is 1.50 bits per heavy atom. The van der Waals surface area contributed by atoms with Crippen LogP contribution in [0.5, 0.6) is 0 Å². The van der Waals surface area contributed by atoms with E-state index in [1.54, 1.807) is 6.20 Å². The van der Waals surface area contributed by atoms with Crippen LogP contribution in [-0.2, 0) is 6.42 Å². The van der Waals surface area contributed by atoms with Crippen LogP contribution < -0.4 is 4.90 Å². The molecule has 1 fully saturated rings. The predicted octanol–water partition coefficient (Wildman–Crippen LogP) is 2.28. The molecule has 2 aromatic heterocycles. The Labute approximate surface area is 122 Å². The second-order valence-electron chi connectivity index (χ2n) is 5.08. The highest BCUT2D eigenvalue weighted by Gasteiger charge is 2.24. The molecule has 0 spiro atoms. The highest BCUT2D eigenvalue weighted by Crippen LogP contribution is 2.27. The minimum atomic E-state index is 0.492. The molecule has 2 aromatic rings. The third-order valence-corrected chi connectivity index (χ3v) is 3.77. The summed E-state index contributed by atoms with van der Waals surface area (Å²) in [5, 5.41) is 4.57. The van der Waals surface area contributed by atoms with Crippen molar-refractivity contribution in [2.75, 3.05) is 18.0 Å². The molecule has 1 saturated heterocycles.